The van der Waals surface area contributed by atoms with Gasteiger partial charge in [0.25, 0.3) is 5.91 Å². The van der Waals surface area contributed by atoms with Gasteiger partial charge in [-0.2, -0.15) is 0 Å². The number of rotatable bonds is 7. The van der Waals surface area contributed by atoms with E-state index < -0.39 is 0 Å². The first-order chi connectivity index (χ1) is 13.1. The van der Waals surface area contributed by atoms with Crippen molar-refractivity contribution >= 4 is 40.3 Å². The molecule has 2 fully saturated rings. The van der Waals surface area contributed by atoms with Gasteiger partial charge in [-0.15, -0.1) is 0 Å². The molecule has 1 amide bonds. The molecule has 27 heavy (non-hydrogen) atoms. The van der Waals surface area contributed by atoms with Gasteiger partial charge in [0.2, 0.25) is 0 Å². The maximum atomic E-state index is 12.8. The number of hydrogen-bond donors (Lipinski definition) is 0. The molecule has 1 aromatic rings. The second kappa shape index (κ2) is 9.54. The fourth-order valence-electron chi connectivity index (χ4n) is 2.96. The maximum absolute atomic E-state index is 12.8. The zero-order valence-electron chi connectivity index (χ0n) is 15.6. The highest BCUT2D eigenvalue weighted by Gasteiger charge is 2.32. The molecule has 0 saturated carbocycles. The third kappa shape index (κ3) is 5.01. The van der Waals surface area contributed by atoms with Crippen LogP contribution in [0.25, 0.3) is 6.08 Å². The number of carbonyl (C=O) groups is 1. The lowest BCUT2D eigenvalue weighted by atomic mass is 10.2. The van der Waals surface area contributed by atoms with Crippen LogP contribution in [0.5, 0.6) is 11.5 Å². The fourth-order valence-corrected chi connectivity index (χ4v) is 4.27. The molecule has 2 aliphatic rings. The number of thiocarbonyl (C=S) groups is 1. The average Bonchev–Trinajstić information content (AvgIpc) is 2.94. The van der Waals surface area contributed by atoms with Gasteiger partial charge in [-0.05, 0) is 30.7 Å². The van der Waals surface area contributed by atoms with Gasteiger partial charge in [0.05, 0.1) is 31.8 Å². The van der Waals surface area contributed by atoms with Crippen molar-refractivity contribution in [2.75, 3.05) is 53.1 Å². The number of thioether (sulfide) groups is 1. The molecule has 0 spiro atoms. The number of nitrogens with zero attached hydrogens (tertiary/aromatic N) is 2. The molecular weight excluding hydrogens is 384 g/mol. The molecule has 6 nitrogen and oxygen atoms in total. The molecular formula is C19H24N2O4S2. The van der Waals surface area contributed by atoms with Crippen molar-refractivity contribution in [1.29, 1.82) is 0 Å². The molecule has 3 rings (SSSR count). The third-order valence-electron chi connectivity index (χ3n) is 4.40. The third-order valence-corrected chi connectivity index (χ3v) is 5.78. The number of methoxy groups -OCH3 is 1. The van der Waals surface area contributed by atoms with E-state index in [1.807, 2.05) is 31.2 Å². The predicted octanol–water partition coefficient (Wildman–Crippen LogP) is 2.63. The Hall–Kier alpha value is -1.61. The zero-order chi connectivity index (χ0) is 19.2. The van der Waals surface area contributed by atoms with Crippen LogP contribution in [0, 0.1) is 0 Å². The normalized spacial score (nSPS) is 19.8. The van der Waals surface area contributed by atoms with Crippen LogP contribution in [0.2, 0.25) is 0 Å². The van der Waals surface area contributed by atoms with Crippen LogP contribution in [0.3, 0.4) is 0 Å². The largest absolute Gasteiger partial charge is 0.493 e. The first kappa shape index (κ1) is 20.1. The smallest absolute Gasteiger partial charge is 0.266 e. The first-order valence-electron chi connectivity index (χ1n) is 8.98. The van der Waals surface area contributed by atoms with Crippen LogP contribution in [0.15, 0.2) is 23.1 Å². The summed E-state index contributed by atoms with van der Waals surface area (Å²) in [5.74, 6) is 1.30. The van der Waals surface area contributed by atoms with E-state index >= 15 is 0 Å². The van der Waals surface area contributed by atoms with Gasteiger partial charge in [0.1, 0.15) is 4.32 Å². The highest BCUT2D eigenvalue weighted by Crippen LogP contribution is 2.34. The SMILES string of the molecule is CCOc1cc(/C=C2/SC(=S)N(CCN3CCOCC3)C2=O)ccc1OC. The molecule has 0 unspecified atom stereocenters. The Labute approximate surface area is 169 Å². The lowest BCUT2D eigenvalue weighted by Gasteiger charge is -2.28. The van der Waals surface area contributed by atoms with E-state index in [-0.39, 0.29) is 5.91 Å². The lowest BCUT2D eigenvalue weighted by Crippen LogP contribution is -2.42. The first-order valence-corrected chi connectivity index (χ1v) is 10.2. The highest BCUT2D eigenvalue weighted by molar-refractivity contribution is 8.26. The van der Waals surface area contributed by atoms with E-state index in [1.165, 1.54) is 11.8 Å². The van der Waals surface area contributed by atoms with Gasteiger partial charge in [-0.3, -0.25) is 14.6 Å². The zero-order valence-corrected chi connectivity index (χ0v) is 17.2. The minimum Gasteiger partial charge on any atom is -0.493 e. The van der Waals surface area contributed by atoms with E-state index in [2.05, 4.69) is 4.90 Å². The number of amides is 1. The average molecular weight is 409 g/mol. The van der Waals surface area contributed by atoms with Crippen LogP contribution in [-0.4, -0.2) is 73.1 Å². The van der Waals surface area contributed by atoms with E-state index in [4.69, 9.17) is 26.4 Å². The van der Waals surface area contributed by atoms with Crippen molar-refractivity contribution in [3.8, 4) is 11.5 Å². The molecule has 0 N–H and O–H groups in total. The minimum atomic E-state index is -0.0352. The Morgan fingerprint density at radius 1 is 1.26 bits per heavy atom. The summed E-state index contributed by atoms with van der Waals surface area (Å²) in [6.45, 7) is 7.17. The summed E-state index contributed by atoms with van der Waals surface area (Å²) in [7, 11) is 1.61. The second-order valence-corrected chi connectivity index (χ2v) is 7.81. The molecule has 0 radical (unpaired) electrons. The van der Waals surface area contributed by atoms with Gasteiger partial charge in [0, 0.05) is 26.2 Å². The standard InChI is InChI=1S/C19H24N2O4S2/c1-3-25-16-12-14(4-5-15(16)23-2)13-17-18(22)21(19(26)27-17)7-6-20-8-10-24-11-9-20/h4-5,12-13H,3,6-11H2,1-2H3/b17-13+. The van der Waals surface area contributed by atoms with Gasteiger partial charge in [0.15, 0.2) is 11.5 Å². The monoisotopic (exact) mass is 408 g/mol. The summed E-state index contributed by atoms with van der Waals surface area (Å²) in [5, 5.41) is 0. The number of hydrogen-bond acceptors (Lipinski definition) is 7. The van der Waals surface area contributed by atoms with Crippen molar-refractivity contribution in [3.05, 3.63) is 28.7 Å². The van der Waals surface area contributed by atoms with E-state index in [9.17, 15) is 4.79 Å². The topological polar surface area (TPSA) is 51.2 Å². The summed E-state index contributed by atoms with van der Waals surface area (Å²) in [6, 6.07) is 5.63. The van der Waals surface area contributed by atoms with Crippen molar-refractivity contribution in [3.63, 3.8) is 0 Å². The van der Waals surface area contributed by atoms with E-state index in [0.717, 1.165) is 38.4 Å². The van der Waals surface area contributed by atoms with E-state index in [0.29, 0.717) is 33.9 Å². The van der Waals surface area contributed by atoms with E-state index in [1.54, 1.807) is 12.0 Å². The predicted molar refractivity (Wildman–Crippen MR) is 111 cm³/mol. The molecule has 146 valence electrons. The molecule has 0 atom stereocenters. The molecule has 0 aromatic heterocycles. The van der Waals surface area contributed by atoms with Crippen LogP contribution < -0.4 is 9.47 Å². The fraction of sp³-hybridized carbons (Fsp3) is 0.474. The van der Waals surface area contributed by atoms with Crippen LogP contribution in [0.1, 0.15) is 12.5 Å². The second-order valence-electron chi connectivity index (χ2n) is 6.13. The summed E-state index contributed by atoms with van der Waals surface area (Å²) in [4.78, 5) is 17.4. The quantitative estimate of drug-likeness (QED) is 0.508. The van der Waals surface area contributed by atoms with Crippen molar-refractivity contribution in [2.45, 2.75) is 6.92 Å². The molecule has 0 bridgehead atoms. The summed E-state index contributed by atoms with van der Waals surface area (Å²) < 4.78 is 16.9. The molecule has 8 heteroatoms. The van der Waals surface area contributed by atoms with Crippen molar-refractivity contribution < 1.29 is 19.0 Å². The lowest BCUT2D eigenvalue weighted by molar-refractivity contribution is -0.122. The summed E-state index contributed by atoms with van der Waals surface area (Å²) in [6.07, 6.45) is 1.86. The van der Waals surface area contributed by atoms with Gasteiger partial charge >= 0.3 is 0 Å². The summed E-state index contributed by atoms with van der Waals surface area (Å²) in [5.41, 5.74) is 0.882. The maximum Gasteiger partial charge on any atom is 0.266 e. The van der Waals surface area contributed by atoms with Crippen molar-refractivity contribution in [2.24, 2.45) is 0 Å². The Morgan fingerprint density at radius 3 is 2.74 bits per heavy atom. The highest BCUT2D eigenvalue weighted by atomic mass is 32.2. The number of carbonyl (C=O) groups excluding carboxylic acids is 1. The summed E-state index contributed by atoms with van der Waals surface area (Å²) >= 11 is 6.77. The van der Waals surface area contributed by atoms with Crippen LogP contribution in [-0.2, 0) is 9.53 Å². The Balaban J connectivity index is 1.69. The van der Waals surface area contributed by atoms with Crippen molar-refractivity contribution in [1.82, 2.24) is 9.80 Å². The van der Waals surface area contributed by atoms with Gasteiger partial charge in [-0.25, -0.2) is 0 Å². The minimum absolute atomic E-state index is 0.0352. The molecule has 2 heterocycles. The van der Waals surface area contributed by atoms with Gasteiger partial charge in [-0.1, -0.05) is 30.0 Å². The molecule has 2 saturated heterocycles. The number of benzene rings is 1. The Morgan fingerprint density at radius 2 is 2.04 bits per heavy atom. The van der Waals surface area contributed by atoms with Crippen LogP contribution >= 0.6 is 24.0 Å². The Kier molecular flexibility index (Phi) is 7.12. The number of ether oxygens (including phenoxy) is 3. The Bertz CT molecular complexity index is 732. The molecule has 0 aliphatic carbocycles. The van der Waals surface area contributed by atoms with Gasteiger partial charge < -0.3 is 14.2 Å². The molecule has 1 aromatic carbocycles. The van der Waals surface area contributed by atoms with Crippen LogP contribution in [0.4, 0.5) is 0 Å². The molecule has 2 aliphatic heterocycles. The number of morpholine rings is 1.